The molecular formula is C26H26N4. The predicted octanol–water partition coefficient (Wildman–Crippen LogP) is 5.16. The lowest BCUT2D eigenvalue weighted by atomic mass is 10.0. The lowest BCUT2D eigenvalue weighted by molar-refractivity contribution is 0.313. The van der Waals surface area contributed by atoms with E-state index in [1.807, 2.05) is 6.07 Å². The van der Waals surface area contributed by atoms with Gasteiger partial charge in [-0.3, -0.25) is 5.10 Å². The number of hydrogen-bond acceptors (Lipinski definition) is 3. The number of piperazine rings is 1. The van der Waals surface area contributed by atoms with Gasteiger partial charge in [0.2, 0.25) is 0 Å². The second kappa shape index (κ2) is 8.17. The molecule has 1 saturated heterocycles. The molecule has 0 aliphatic carbocycles. The molecule has 4 aromatic rings. The zero-order valence-electron chi connectivity index (χ0n) is 17.3. The number of H-pyrrole nitrogens is 1. The Morgan fingerprint density at radius 3 is 2.13 bits per heavy atom. The third kappa shape index (κ3) is 3.87. The maximum Gasteiger partial charge on any atom is 0.0927 e. The number of anilines is 1. The Balaban J connectivity index is 1.36. The SMILES string of the molecule is CN1CCN(c2ccc(-c3cc(-c4cccc(-c5ccccc5)c4)n[nH]3)cc2)CC1. The minimum absolute atomic E-state index is 0.964. The van der Waals surface area contributed by atoms with E-state index in [4.69, 9.17) is 0 Å². The first-order valence-corrected chi connectivity index (χ1v) is 10.5. The predicted molar refractivity (Wildman–Crippen MR) is 125 cm³/mol. The van der Waals surface area contributed by atoms with Crippen molar-refractivity contribution in [2.24, 2.45) is 0 Å². The van der Waals surface area contributed by atoms with Crippen LogP contribution < -0.4 is 4.90 Å². The fourth-order valence-electron chi connectivity index (χ4n) is 4.02. The highest BCUT2D eigenvalue weighted by Gasteiger charge is 2.14. The van der Waals surface area contributed by atoms with Gasteiger partial charge in [-0.1, -0.05) is 60.7 Å². The highest BCUT2D eigenvalue weighted by atomic mass is 15.2. The molecule has 1 aliphatic heterocycles. The monoisotopic (exact) mass is 394 g/mol. The number of nitrogens with one attached hydrogen (secondary N) is 1. The fourth-order valence-corrected chi connectivity index (χ4v) is 4.02. The molecule has 1 aromatic heterocycles. The molecule has 0 bridgehead atoms. The highest BCUT2D eigenvalue weighted by molar-refractivity contribution is 5.74. The normalized spacial score (nSPS) is 14.8. The Kier molecular flexibility index (Phi) is 5.08. The quantitative estimate of drug-likeness (QED) is 0.519. The number of rotatable bonds is 4. The van der Waals surface area contributed by atoms with E-state index in [1.54, 1.807) is 0 Å². The molecule has 4 heteroatoms. The van der Waals surface area contributed by atoms with Crippen molar-refractivity contribution >= 4 is 5.69 Å². The minimum atomic E-state index is 0.964. The van der Waals surface area contributed by atoms with Gasteiger partial charge in [-0.15, -0.1) is 0 Å². The minimum Gasteiger partial charge on any atom is -0.369 e. The Morgan fingerprint density at radius 2 is 1.37 bits per heavy atom. The van der Waals surface area contributed by atoms with Gasteiger partial charge < -0.3 is 9.80 Å². The molecule has 1 N–H and O–H groups in total. The molecule has 150 valence electrons. The van der Waals surface area contributed by atoms with Gasteiger partial charge in [-0.25, -0.2) is 0 Å². The van der Waals surface area contributed by atoms with Crippen LogP contribution in [-0.4, -0.2) is 48.3 Å². The molecule has 0 amide bonds. The molecule has 3 aromatic carbocycles. The van der Waals surface area contributed by atoms with Gasteiger partial charge in [0.05, 0.1) is 11.4 Å². The Hall–Kier alpha value is -3.37. The third-order valence-electron chi connectivity index (χ3n) is 5.89. The van der Waals surface area contributed by atoms with Crippen molar-refractivity contribution < 1.29 is 0 Å². The standard InChI is InChI=1S/C26H26N4/c1-29-14-16-30(17-15-29)24-12-10-21(11-13-24)25-19-26(28-27-25)23-9-5-8-22(18-23)20-6-3-2-4-7-20/h2-13,18-19H,14-17H2,1H3,(H,27,28). The first-order valence-electron chi connectivity index (χ1n) is 10.5. The second-order valence-corrected chi connectivity index (χ2v) is 7.95. The van der Waals surface area contributed by atoms with E-state index in [9.17, 15) is 0 Å². The summed E-state index contributed by atoms with van der Waals surface area (Å²) in [5, 5.41) is 7.79. The maximum absolute atomic E-state index is 4.58. The molecule has 4 nitrogen and oxygen atoms in total. The van der Waals surface area contributed by atoms with Crippen LogP contribution in [0.5, 0.6) is 0 Å². The van der Waals surface area contributed by atoms with Crippen LogP contribution in [0.15, 0.2) is 84.9 Å². The van der Waals surface area contributed by atoms with Gasteiger partial charge in [0.1, 0.15) is 0 Å². The number of nitrogens with zero attached hydrogens (tertiary/aromatic N) is 3. The van der Waals surface area contributed by atoms with Gasteiger partial charge in [0, 0.05) is 37.4 Å². The molecule has 1 aliphatic rings. The van der Waals surface area contributed by atoms with Crippen LogP contribution in [0, 0.1) is 0 Å². The lowest BCUT2D eigenvalue weighted by Gasteiger charge is -2.34. The summed E-state index contributed by atoms with van der Waals surface area (Å²) in [6.07, 6.45) is 0. The summed E-state index contributed by atoms with van der Waals surface area (Å²) in [5.41, 5.74) is 8.00. The summed E-state index contributed by atoms with van der Waals surface area (Å²) in [4.78, 5) is 4.83. The molecule has 1 fully saturated rings. The number of aromatic amines is 1. The van der Waals surface area contributed by atoms with E-state index in [1.165, 1.54) is 16.8 Å². The van der Waals surface area contributed by atoms with Crippen molar-refractivity contribution in [3.8, 4) is 33.6 Å². The molecular weight excluding hydrogens is 368 g/mol. The van der Waals surface area contributed by atoms with E-state index >= 15 is 0 Å². The van der Waals surface area contributed by atoms with Gasteiger partial charge in [0.15, 0.2) is 0 Å². The van der Waals surface area contributed by atoms with Crippen LogP contribution in [0.1, 0.15) is 0 Å². The zero-order valence-corrected chi connectivity index (χ0v) is 17.3. The van der Waals surface area contributed by atoms with Crippen LogP contribution in [0.3, 0.4) is 0 Å². The molecule has 5 rings (SSSR count). The van der Waals surface area contributed by atoms with Crippen molar-refractivity contribution in [2.45, 2.75) is 0 Å². The second-order valence-electron chi connectivity index (χ2n) is 7.95. The topological polar surface area (TPSA) is 35.2 Å². The molecule has 0 saturated carbocycles. The fraction of sp³-hybridized carbons (Fsp3) is 0.192. The summed E-state index contributed by atoms with van der Waals surface area (Å²) in [6, 6.07) is 30.0. The summed E-state index contributed by atoms with van der Waals surface area (Å²) < 4.78 is 0. The summed E-state index contributed by atoms with van der Waals surface area (Å²) in [7, 11) is 2.19. The van der Waals surface area contributed by atoms with Crippen LogP contribution in [-0.2, 0) is 0 Å². The Morgan fingerprint density at radius 1 is 0.667 bits per heavy atom. The van der Waals surface area contributed by atoms with E-state index in [0.29, 0.717) is 0 Å². The van der Waals surface area contributed by atoms with E-state index in [2.05, 4.69) is 106 Å². The summed E-state index contributed by atoms with van der Waals surface area (Å²) in [5.74, 6) is 0. The van der Waals surface area contributed by atoms with E-state index < -0.39 is 0 Å². The lowest BCUT2D eigenvalue weighted by Crippen LogP contribution is -2.44. The Labute approximate surface area is 177 Å². The van der Waals surface area contributed by atoms with Gasteiger partial charge in [0.25, 0.3) is 0 Å². The molecule has 0 atom stereocenters. The van der Waals surface area contributed by atoms with E-state index in [0.717, 1.165) is 48.7 Å². The molecule has 2 heterocycles. The largest absolute Gasteiger partial charge is 0.369 e. The maximum atomic E-state index is 4.58. The first kappa shape index (κ1) is 18.6. The van der Waals surface area contributed by atoms with Crippen molar-refractivity contribution in [1.29, 1.82) is 0 Å². The molecule has 30 heavy (non-hydrogen) atoms. The first-order chi connectivity index (χ1) is 14.8. The Bertz CT molecular complexity index is 1110. The van der Waals surface area contributed by atoms with Gasteiger partial charge in [-0.2, -0.15) is 5.10 Å². The van der Waals surface area contributed by atoms with Crippen LogP contribution in [0.25, 0.3) is 33.6 Å². The number of benzene rings is 3. The van der Waals surface area contributed by atoms with Crippen LogP contribution in [0.4, 0.5) is 5.69 Å². The summed E-state index contributed by atoms with van der Waals surface area (Å²) >= 11 is 0. The highest BCUT2D eigenvalue weighted by Crippen LogP contribution is 2.29. The molecule has 0 radical (unpaired) electrons. The van der Waals surface area contributed by atoms with Crippen molar-refractivity contribution in [3.63, 3.8) is 0 Å². The summed E-state index contributed by atoms with van der Waals surface area (Å²) in [6.45, 7) is 4.41. The van der Waals surface area contributed by atoms with Gasteiger partial charge >= 0.3 is 0 Å². The average Bonchev–Trinajstić information content (AvgIpc) is 3.31. The zero-order chi connectivity index (χ0) is 20.3. The number of likely N-dealkylation sites (N-methyl/N-ethyl adjacent to an activating group) is 1. The van der Waals surface area contributed by atoms with Crippen LogP contribution in [0.2, 0.25) is 0 Å². The van der Waals surface area contributed by atoms with Gasteiger partial charge in [-0.05, 0) is 48.0 Å². The molecule has 0 spiro atoms. The van der Waals surface area contributed by atoms with Crippen molar-refractivity contribution in [3.05, 3.63) is 84.9 Å². The number of aromatic nitrogens is 2. The molecule has 0 unspecified atom stereocenters. The van der Waals surface area contributed by atoms with Crippen molar-refractivity contribution in [2.75, 3.05) is 38.1 Å². The van der Waals surface area contributed by atoms with Crippen LogP contribution >= 0.6 is 0 Å². The van der Waals surface area contributed by atoms with E-state index in [-0.39, 0.29) is 0 Å². The number of hydrogen-bond donors (Lipinski definition) is 1. The van der Waals surface area contributed by atoms with Crippen molar-refractivity contribution in [1.82, 2.24) is 15.1 Å². The third-order valence-corrected chi connectivity index (χ3v) is 5.89. The smallest absolute Gasteiger partial charge is 0.0927 e. The average molecular weight is 395 g/mol.